The Bertz CT molecular complexity index is 673. The van der Waals surface area contributed by atoms with Crippen molar-refractivity contribution in [1.82, 2.24) is 0 Å². The third-order valence-electron chi connectivity index (χ3n) is 5.15. The van der Waals surface area contributed by atoms with Gasteiger partial charge in [-0.3, -0.25) is 4.18 Å². The summed E-state index contributed by atoms with van der Waals surface area (Å²) in [4.78, 5) is 0. The van der Waals surface area contributed by atoms with Crippen LogP contribution in [0.1, 0.15) is 56.6 Å². The van der Waals surface area contributed by atoms with Crippen molar-refractivity contribution in [2.45, 2.75) is 56.7 Å². The molecule has 7 heteroatoms. The van der Waals surface area contributed by atoms with E-state index >= 15 is 0 Å². The number of hydrogen-bond acceptors (Lipinski definition) is 4. The molecule has 1 aliphatic heterocycles. The first-order valence-corrected chi connectivity index (χ1v) is 10.3. The minimum atomic E-state index is -3.91. The highest BCUT2D eigenvalue weighted by Crippen LogP contribution is 2.52. The second-order valence-electron chi connectivity index (χ2n) is 6.87. The molecular formula is C17H24ClNO4S. The lowest BCUT2D eigenvalue weighted by Crippen LogP contribution is -2.30. The van der Waals surface area contributed by atoms with Crippen LogP contribution in [0.5, 0.6) is 0 Å². The number of benzene rings is 1. The zero-order valence-corrected chi connectivity index (χ0v) is 15.2. The van der Waals surface area contributed by atoms with Gasteiger partial charge in [0.2, 0.25) is 0 Å². The van der Waals surface area contributed by atoms with Crippen LogP contribution in [-0.2, 0) is 19.2 Å². The van der Waals surface area contributed by atoms with Crippen molar-refractivity contribution < 1.29 is 17.3 Å². The summed E-state index contributed by atoms with van der Waals surface area (Å²) in [7, 11) is -3.91. The van der Waals surface area contributed by atoms with Gasteiger partial charge in [0.05, 0.1) is 18.3 Å². The minimum absolute atomic E-state index is 0.0733. The highest BCUT2D eigenvalue weighted by molar-refractivity contribution is 7.84. The molecule has 0 aromatic heterocycles. The Morgan fingerprint density at radius 3 is 2.62 bits per heavy atom. The number of nitrogens with two attached hydrogens (primary N) is 1. The van der Waals surface area contributed by atoms with E-state index in [0.717, 1.165) is 24.8 Å². The zero-order valence-electron chi connectivity index (χ0n) is 13.6. The Kier molecular flexibility index (Phi) is 5.52. The van der Waals surface area contributed by atoms with Gasteiger partial charge in [-0.05, 0) is 43.2 Å². The predicted octanol–water partition coefficient (Wildman–Crippen LogP) is 3.73. The van der Waals surface area contributed by atoms with E-state index in [1.165, 1.54) is 19.3 Å². The molecule has 0 amide bonds. The monoisotopic (exact) mass is 373 g/mol. The predicted molar refractivity (Wildman–Crippen MR) is 92.9 cm³/mol. The standard InChI is InChI=1S/C17H24ClNO4S/c18-15-7-3-2-6-14(15)16-13(8-11-22-24(19,20)21)12-17(23-16)9-4-1-5-10-17/h2-3,6-7,13,16H,1,4-5,8-12H2,(H2,19,20,21)/t13-,16-/m1/s1. The second kappa shape index (κ2) is 7.30. The van der Waals surface area contributed by atoms with Crippen molar-refractivity contribution in [3.05, 3.63) is 34.9 Å². The van der Waals surface area contributed by atoms with Crippen LogP contribution in [-0.4, -0.2) is 20.6 Å². The topological polar surface area (TPSA) is 78.6 Å². The van der Waals surface area contributed by atoms with Gasteiger partial charge in [0.15, 0.2) is 0 Å². The van der Waals surface area contributed by atoms with Crippen LogP contribution in [0.3, 0.4) is 0 Å². The molecule has 3 rings (SSSR count). The minimum Gasteiger partial charge on any atom is -0.367 e. The van der Waals surface area contributed by atoms with E-state index in [0.29, 0.717) is 11.4 Å². The molecule has 0 unspecified atom stereocenters. The van der Waals surface area contributed by atoms with Gasteiger partial charge >= 0.3 is 10.3 Å². The molecule has 2 atom stereocenters. The average molecular weight is 374 g/mol. The van der Waals surface area contributed by atoms with Crippen molar-refractivity contribution in [2.75, 3.05) is 6.61 Å². The molecule has 1 spiro atoms. The largest absolute Gasteiger partial charge is 0.367 e. The summed E-state index contributed by atoms with van der Waals surface area (Å²) in [6.07, 6.45) is 7.08. The average Bonchev–Trinajstić information content (AvgIpc) is 2.85. The highest BCUT2D eigenvalue weighted by Gasteiger charge is 2.47. The fourth-order valence-electron chi connectivity index (χ4n) is 4.11. The van der Waals surface area contributed by atoms with Crippen LogP contribution in [0, 0.1) is 5.92 Å². The van der Waals surface area contributed by atoms with E-state index in [9.17, 15) is 8.42 Å². The molecule has 1 aromatic carbocycles. The van der Waals surface area contributed by atoms with Crippen LogP contribution in [0.15, 0.2) is 24.3 Å². The summed E-state index contributed by atoms with van der Waals surface area (Å²) in [6, 6.07) is 7.71. The lowest BCUT2D eigenvalue weighted by Gasteiger charge is -2.33. The van der Waals surface area contributed by atoms with Gasteiger partial charge in [-0.2, -0.15) is 8.42 Å². The summed E-state index contributed by atoms with van der Waals surface area (Å²) in [6.45, 7) is 0.0733. The molecule has 2 N–H and O–H groups in total. The summed E-state index contributed by atoms with van der Waals surface area (Å²) < 4.78 is 33.3. The summed E-state index contributed by atoms with van der Waals surface area (Å²) in [5.41, 5.74) is 0.871. The molecule has 134 valence electrons. The first-order valence-electron chi connectivity index (χ1n) is 8.48. The van der Waals surface area contributed by atoms with Crippen LogP contribution in [0.25, 0.3) is 0 Å². The molecular weight excluding hydrogens is 350 g/mol. The van der Waals surface area contributed by atoms with E-state index in [1.54, 1.807) is 0 Å². The third-order valence-corrected chi connectivity index (χ3v) is 5.99. The maximum atomic E-state index is 11.0. The molecule has 1 aliphatic carbocycles. The lowest BCUT2D eigenvalue weighted by molar-refractivity contribution is -0.0684. The molecule has 2 fully saturated rings. The number of halogens is 1. The molecule has 2 aliphatic rings. The first-order chi connectivity index (χ1) is 11.4. The quantitative estimate of drug-likeness (QED) is 0.852. The van der Waals surface area contributed by atoms with Gasteiger partial charge in [-0.25, -0.2) is 5.14 Å². The summed E-state index contributed by atoms with van der Waals surface area (Å²) in [5, 5.41) is 5.61. The van der Waals surface area contributed by atoms with Gasteiger partial charge in [-0.1, -0.05) is 49.1 Å². The van der Waals surface area contributed by atoms with Gasteiger partial charge < -0.3 is 4.74 Å². The fraction of sp³-hybridized carbons (Fsp3) is 0.647. The van der Waals surface area contributed by atoms with Crippen molar-refractivity contribution in [3.63, 3.8) is 0 Å². The normalized spacial score (nSPS) is 26.8. The van der Waals surface area contributed by atoms with E-state index in [1.807, 2.05) is 24.3 Å². The molecule has 1 saturated carbocycles. The van der Waals surface area contributed by atoms with Gasteiger partial charge in [0, 0.05) is 5.02 Å². The summed E-state index contributed by atoms with van der Waals surface area (Å²) >= 11 is 6.38. The highest BCUT2D eigenvalue weighted by atomic mass is 35.5. The Morgan fingerprint density at radius 1 is 1.25 bits per heavy atom. The van der Waals surface area contributed by atoms with Gasteiger partial charge in [0.25, 0.3) is 0 Å². The Morgan fingerprint density at radius 2 is 1.96 bits per heavy atom. The van der Waals surface area contributed by atoms with Gasteiger partial charge in [0.1, 0.15) is 0 Å². The Balaban J connectivity index is 1.78. The fourth-order valence-corrected chi connectivity index (χ4v) is 4.68. The maximum absolute atomic E-state index is 11.0. The molecule has 1 aromatic rings. The van der Waals surface area contributed by atoms with Crippen molar-refractivity contribution >= 4 is 21.9 Å². The summed E-state index contributed by atoms with van der Waals surface area (Å²) in [5.74, 6) is 0.171. The van der Waals surface area contributed by atoms with E-state index in [2.05, 4.69) is 0 Å². The zero-order chi connectivity index (χ0) is 17.2. The smallest absolute Gasteiger partial charge is 0.333 e. The van der Waals surface area contributed by atoms with Crippen LogP contribution >= 0.6 is 11.6 Å². The van der Waals surface area contributed by atoms with Crippen LogP contribution in [0.2, 0.25) is 5.02 Å². The Labute approximate surface area is 148 Å². The number of ether oxygens (including phenoxy) is 1. The molecule has 5 nitrogen and oxygen atoms in total. The molecule has 24 heavy (non-hydrogen) atoms. The van der Waals surface area contributed by atoms with E-state index in [-0.39, 0.29) is 24.2 Å². The van der Waals surface area contributed by atoms with Crippen LogP contribution in [0.4, 0.5) is 0 Å². The van der Waals surface area contributed by atoms with Crippen molar-refractivity contribution in [3.8, 4) is 0 Å². The van der Waals surface area contributed by atoms with Crippen LogP contribution < -0.4 is 5.14 Å². The Hall–Kier alpha value is -0.660. The van der Waals surface area contributed by atoms with E-state index < -0.39 is 10.3 Å². The maximum Gasteiger partial charge on any atom is 0.333 e. The molecule has 0 radical (unpaired) electrons. The van der Waals surface area contributed by atoms with Crippen molar-refractivity contribution in [1.29, 1.82) is 0 Å². The molecule has 0 bridgehead atoms. The second-order valence-corrected chi connectivity index (χ2v) is 8.50. The number of rotatable bonds is 5. The molecule has 1 saturated heterocycles. The lowest BCUT2D eigenvalue weighted by atomic mass is 9.79. The molecule has 1 heterocycles. The third kappa shape index (κ3) is 4.29. The first kappa shape index (κ1) is 18.1. The van der Waals surface area contributed by atoms with Crippen molar-refractivity contribution in [2.24, 2.45) is 11.1 Å². The number of hydrogen-bond donors (Lipinski definition) is 1. The van der Waals surface area contributed by atoms with E-state index in [4.69, 9.17) is 25.7 Å². The SMILES string of the molecule is NS(=O)(=O)OCC[C@@H]1CC2(CCCCC2)O[C@H]1c1ccccc1Cl. The van der Waals surface area contributed by atoms with Gasteiger partial charge in [-0.15, -0.1) is 0 Å².